The third-order valence-corrected chi connectivity index (χ3v) is 3.96. The zero-order chi connectivity index (χ0) is 13.0. The van der Waals surface area contributed by atoms with E-state index in [4.69, 9.17) is 11.6 Å². The highest BCUT2D eigenvalue weighted by Crippen LogP contribution is 2.27. The van der Waals surface area contributed by atoms with Crippen LogP contribution in [0.3, 0.4) is 0 Å². The summed E-state index contributed by atoms with van der Waals surface area (Å²) in [4.78, 5) is 5.59. The number of aryl methyl sites for hydroxylation is 1. The Hall–Kier alpha value is -0.900. The number of benzene rings is 1. The first-order valence-electron chi connectivity index (χ1n) is 6.12. The van der Waals surface area contributed by atoms with Gasteiger partial charge in [0, 0.05) is 16.1 Å². The van der Waals surface area contributed by atoms with Gasteiger partial charge in [-0.2, -0.15) is 0 Å². The molecular weight excluding hydrogens is 264 g/mol. The van der Waals surface area contributed by atoms with Crippen molar-refractivity contribution in [3.63, 3.8) is 0 Å². The lowest BCUT2D eigenvalue weighted by atomic mass is 10.1. The molecule has 1 aromatic heterocycles. The Balaban J connectivity index is 2.27. The van der Waals surface area contributed by atoms with Gasteiger partial charge in [-0.1, -0.05) is 30.7 Å². The monoisotopic (exact) mass is 280 g/mol. The summed E-state index contributed by atoms with van der Waals surface area (Å²) in [7, 11) is 0. The van der Waals surface area contributed by atoms with Crippen molar-refractivity contribution in [1.82, 2.24) is 10.3 Å². The average Bonchev–Trinajstić information content (AvgIpc) is 2.78. The van der Waals surface area contributed by atoms with Crippen molar-refractivity contribution < 1.29 is 0 Å². The quantitative estimate of drug-likeness (QED) is 0.888. The highest BCUT2D eigenvalue weighted by atomic mass is 35.5. The fourth-order valence-electron chi connectivity index (χ4n) is 1.84. The largest absolute Gasteiger partial charge is 0.306 e. The third kappa shape index (κ3) is 3.31. The van der Waals surface area contributed by atoms with Crippen molar-refractivity contribution in [2.24, 2.45) is 0 Å². The second-order valence-corrected chi connectivity index (χ2v) is 5.92. The Morgan fingerprint density at radius 3 is 2.61 bits per heavy atom. The second-order valence-electron chi connectivity index (χ2n) is 4.22. The van der Waals surface area contributed by atoms with Crippen LogP contribution in [-0.4, -0.2) is 11.5 Å². The van der Waals surface area contributed by atoms with Crippen LogP contribution in [0.1, 0.15) is 34.8 Å². The normalized spacial score (nSPS) is 12.6. The highest BCUT2D eigenvalue weighted by molar-refractivity contribution is 7.11. The van der Waals surface area contributed by atoms with E-state index in [9.17, 15) is 0 Å². The SMILES string of the molecule is CCCNC(c1ccc(Cl)cc1)c1cnc(C)s1. The molecule has 1 aromatic carbocycles. The van der Waals surface area contributed by atoms with Crippen LogP contribution < -0.4 is 5.32 Å². The standard InChI is InChI=1S/C14H17ClN2S/c1-3-8-16-14(13-9-17-10(2)18-13)11-4-6-12(15)7-5-11/h4-7,9,14,16H,3,8H2,1-2H3. The maximum absolute atomic E-state index is 5.94. The van der Waals surface area contributed by atoms with Gasteiger partial charge in [-0.25, -0.2) is 4.98 Å². The van der Waals surface area contributed by atoms with Crippen LogP contribution >= 0.6 is 22.9 Å². The number of aromatic nitrogens is 1. The van der Waals surface area contributed by atoms with Gasteiger partial charge in [0.1, 0.15) is 0 Å². The number of nitrogens with one attached hydrogen (secondary N) is 1. The van der Waals surface area contributed by atoms with Crippen LogP contribution in [0.5, 0.6) is 0 Å². The second kappa shape index (κ2) is 6.32. The van der Waals surface area contributed by atoms with Crippen LogP contribution in [0.25, 0.3) is 0 Å². The van der Waals surface area contributed by atoms with Gasteiger partial charge in [-0.15, -0.1) is 11.3 Å². The summed E-state index contributed by atoms with van der Waals surface area (Å²) in [6.45, 7) is 5.20. The fraction of sp³-hybridized carbons (Fsp3) is 0.357. The molecule has 0 radical (unpaired) electrons. The molecule has 1 N–H and O–H groups in total. The molecule has 0 saturated heterocycles. The van der Waals surface area contributed by atoms with E-state index in [1.54, 1.807) is 11.3 Å². The minimum absolute atomic E-state index is 0.216. The molecule has 0 fully saturated rings. The van der Waals surface area contributed by atoms with Crippen molar-refractivity contribution in [3.05, 3.63) is 50.9 Å². The van der Waals surface area contributed by atoms with Gasteiger partial charge in [0.15, 0.2) is 0 Å². The molecule has 0 saturated carbocycles. The summed E-state index contributed by atoms with van der Waals surface area (Å²) in [5, 5.41) is 5.43. The molecule has 0 amide bonds. The number of nitrogens with zero attached hydrogens (tertiary/aromatic N) is 1. The van der Waals surface area contributed by atoms with E-state index >= 15 is 0 Å². The van der Waals surface area contributed by atoms with Crippen LogP contribution in [-0.2, 0) is 0 Å². The maximum Gasteiger partial charge on any atom is 0.0897 e. The van der Waals surface area contributed by atoms with Gasteiger partial charge in [0.05, 0.1) is 11.0 Å². The summed E-state index contributed by atoms with van der Waals surface area (Å²) < 4.78 is 0. The van der Waals surface area contributed by atoms with Gasteiger partial charge in [-0.3, -0.25) is 0 Å². The number of halogens is 1. The number of rotatable bonds is 5. The Morgan fingerprint density at radius 2 is 2.06 bits per heavy atom. The minimum Gasteiger partial charge on any atom is -0.306 e. The van der Waals surface area contributed by atoms with E-state index < -0.39 is 0 Å². The van der Waals surface area contributed by atoms with E-state index in [1.165, 1.54) is 10.4 Å². The van der Waals surface area contributed by atoms with Crippen LogP contribution in [0.4, 0.5) is 0 Å². The van der Waals surface area contributed by atoms with Gasteiger partial charge >= 0.3 is 0 Å². The predicted molar refractivity (Wildman–Crippen MR) is 78.4 cm³/mol. The molecule has 0 aliphatic heterocycles. The first kappa shape index (κ1) is 13.5. The molecule has 96 valence electrons. The van der Waals surface area contributed by atoms with E-state index in [0.717, 1.165) is 23.0 Å². The summed E-state index contributed by atoms with van der Waals surface area (Å²) in [5.74, 6) is 0. The van der Waals surface area contributed by atoms with E-state index in [0.29, 0.717) is 0 Å². The molecule has 2 rings (SSSR count). The first-order chi connectivity index (χ1) is 8.70. The molecule has 0 spiro atoms. The lowest BCUT2D eigenvalue weighted by molar-refractivity contribution is 0.605. The Labute approximate surface area is 117 Å². The summed E-state index contributed by atoms with van der Waals surface area (Å²) in [6, 6.07) is 8.24. The van der Waals surface area contributed by atoms with Crippen LogP contribution in [0.15, 0.2) is 30.5 Å². The third-order valence-electron chi connectivity index (χ3n) is 2.73. The van der Waals surface area contributed by atoms with Gasteiger partial charge in [0.2, 0.25) is 0 Å². The summed E-state index contributed by atoms with van der Waals surface area (Å²) >= 11 is 7.68. The average molecular weight is 281 g/mol. The number of hydrogen-bond acceptors (Lipinski definition) is 3. The number of hydrogen-bond donors (Lipinski definition) is 1. The molecule has 1 unspecified atom stereocenters. The Morgan fingerprint density at radius 1 is 1.33 bits per heavy atom. The molecule has 18 heavy (non-hydrogen) atoms. The Bertz CT molecular complexity index is 493. The Kier molecular flexibility index (Phi) is 4.75. The van der Waals surface area contributed by atoms with Crippen LogP contribution in [0.2, 0.25) is 5.02 Å². The predicted octanol–water partition coefficient (Wildman–Crippen LogP) is 4.19. The molecule has 1 atom stereocenters. The van der Waals surface area contributed by atoms with Crippen molar-refractivity contribution in [2.75, 3.05) is 6.54 Å². The molecule has 0 aliphatic carbocycles. The zero-order valence-electron chi connectivity index (χ0n) is 10.6. The highest BCUT2D eigenvalue weighted by Gasteiger charge is 2.15. The van der Waals surface area contributed by atoms with E-state index in [2.05, 4.69) is 29.4 Å². The minimum atomic E-state index is 0.216. The number of thiazole rings is 1. The van der Waals surface area contributed by atoms with Crippen molar-refractivity contribution in [2.45, 2.75) is 26.3 Å². The van der Waals surface area contributed by atoms with E-state index in [1.807, 2.05) is 25.3 Å². The molecular formula is C14H17ClN2S. The van der Waals surface area contributed by atoms with Gasteiger partial charge in [-0.05, 0) is 37.6 Å². The topological polar surface area (TPSA) is 24.9 Å². The van der Waals surface area contributed by atoms with Crippen molar-refractivity contribution >= 4 is 22.9 Å². The summed E-state index contributed by atoms with van der Waals surface area (Å²) in [5.41, 5.74) is 1.23. The molecule has 0 bridgehead atoms. The zero-order valence-corrected chi connectivity index (χ0v) is 12.2. The first-order valence-corrected chi connectivity index (χ1v) is 7.31. The van der Waals surface area contributed by atoms with Crippen molar-refractivity contribution in [1.29, 1.82) is 0 Å². The van der Waals surface area contributed by atoms with Crippen molar-refractivity contribution in [3.8, 4) is 0 Å². The fourth-order valence-corrected chi connectivity index (χ4v) is 2.85. The summed E-state index contributed by atoms with van der Waals surface area (Å²) in [6.07, 6.45) is 3.07. The van der Waals surface area contributed by atoms with E-state index in [-0.39, 0.29) is 6.04 Å². The molecule has 0 aliphatic rings. The smallest absolute Gasteiger partial charge is 0.0897 e. The maximum atomic E-state index is 5.94. The van der Waals surface area contributed by atoms with Gasteiger partial charge in [0.25, 0.3) is 0 Å². The molecule has 2 nitrogen and oxygen atoms in total. The molecule has 4 heteroatoms. The lowest BCUT2D eigenvalue weighted by Gasteiger charge is -2.17. The molecule has 1 heterocycles. The van der Waals surface area contributed by atoms with Crippen LogP contribution in [0, 0.1) is 6.92 Å². The molecule has 2 aromatic rings. The van der Waals surface area contributed by atoms with Gasteiger partial charge < -0.3 is 5.32 Å². The lowest BCUT2D eigenvalue weighted by Crippen LogP contribution is -2.22.